The van der Waals surface area contributed by atoms with Gasteiger partial charge in [0.05, 0.1) is 16.1 Å². The van der Waals surface area contributed by atoms with E-state index in [0.29, 0.717) is 0 Å². The van der Waals surface area contributed by atoms with E-state index in [4.69, 9.17) is 0 Å². The topological polar surface area (TPSA) is 0 Å². The van der Waals surface area contributed by atoms with Crippen molar-refractivity contribution in [1.82, 2.24) is 0 Å². The van der Waals surface area contributed by atoms with Crippen LogP contribution in [0.1, 0.15) is 43.2 Å². The normalized spacial score (nSPS) is 18.0. The summed E-state index contributed by atoms with van der Waals surface area (Å²) in [6.45, 7) is 15.1. The predicted octanol–water partition coefficient (Wildman–Crippen LogP) is 6.73. The Kier molecular flexibility index (Phi) is 6.71. The molecule has 1 aliphatic rings. The van der Waals surface area contributed by atoms with Crippen molar-refractivity contribution in [1.29, 1.82) is 0 Å². The Morgan fingerprint density at radius 3 is 2.33 bits per heavy atom. The van der Waals surface area contributed by atoms with Crippen molar-refractivity contribution in [3.63, 3.8) is 0 Å². The molecule has 0 N–H and O–H groups in total. The fourth-order valence-corrected chi connectivity index (χ4v) is 11.8. The molecule has 0 spiro atoms. The highest BCUT2D eigenvalue weighted by Crippen LogP contribution is 2.53. The Labute approximate surface area is 171 Å². The Morgan fingerprint density at radius 2 is 1.70 bits per heavy atom. The lowest BCUT2D eigenvalue weighted by molar-refractivity contribution is 0.510. The molecule has 150 valence electrons. The smallest absolute Gasteiger partial charge is 0.0507 e. The van der Waals surface area contributed by atoms with Gasteiger partial charge in [-0.1, -0.05) is 70.9 Å². The lowest BCUT2D eigenvalue weighted by atomic mass is 10.0. The highest BCUT2D eigenvalue weighted by Gasteiger charge is 2.25. The zero-order valence-corrected chi connectivity index (χ0v) is 21.3. The van der Waals surface area contributed by atoms with Gasteiger partial charge >= 0.3 is 0 Å². The lowest BCUT2D eigenvalue weighted by Gasteiger charge is -2.37. The Morgan fingerprint density at radius 1 is 1.00 bits per heavy atom. The van der Waals surface area contributed by atoms with E-state index in [9.17, 15) is 0 Å². The molecule has 0 atom stereocenters. The van der Waals surface area contributed by atoms with Gasteiger partial charge in [-0.3, -0.25) is 0 Å². The molecule has 3 heteroatoms. The molecule has 0 nitrogen and oxygen atoms in total. The van der Waals surface area contributed by atoms with Crippen molar-refractivity contribution in [2.45, 2.75) is 89.4 Å². The molecule has 2 aromatic carbocycles. The fraction of sp³-hybridized carbons (Fsp3) is 0.583. The van der Waals surface area contributed by atoms with Crippen LogP contribution in [0.4, 0.5) is 0 Å². The third kappa shape index (κ3) is 5.34. The molecule has 3 rings (SSSR count). The molecule has 1 aliphatic carbocycles. The third-order valence-electron chi connectivity index (χ3n) is 6.27. The Hall–Kier alpha value is -0.436. The molecule has 1 saturated carbocycles. The minimum Gasteiger partial charge on any atom is -0.214 e. The summed E-state index contributed by atoms with van der Waals surface area (Å²) in [6, 6.07) is 14.4. The molecular weight excluding hydrogens is 375 g/mol. The molecule has 0 radical (unpaired) electrons. The van der Waals surface area contributed by atoms with Crippen molar-refractivity contribution in [3.05, 3.63) is 47.5 Å². The fourth-order valence-electron chi connectivity index (χ4n) is 4.85. The van der Waals surface area contributed by atoms with E-state index < -0.39 is 16.1 Å². The lowest BCUT2D eigenvalue weighted by Crippen LogP contribution is -2.39. The highest BCUT2D eigenvalue weighted by molar-refractivity contribution is 7.56. The van der Waals surface area contributed by atoms with Crippen LogP contribution in [0.15, 0.2) is 36.4 Å². The van der Waals surface area contributed by atoms with E-state index in [2.05, 4.69) is 75.7 Å². The van der Waals surface area contributed by atoms with E-state index >= 15 is 0 Å². The molecular formula is C24H39PSi2-2. The molecule has 2 aromatic rings. The largest absolute Gasteiger partial charge is 0.214 e. The van der Waals surface area contributed by atoms with Crippen LogP contribution in [-0.4, -0.2) is 21.8 Å². The summed E-state index contributed by atoms with van der Waals surface area (Å²) in [4.78, 5) is 0. The summed E-state index contributed by atoms with van der Waals surface area (Å²) < 4.78 is 0. The maximum absolute atomic E-state index is 2.51. The first-order chi connectivity index (χ1) is 12.7. The molecule has 1 fully saturated rings. The van der Waals surface area contributed by atoms with E-state index in [-0.39, 0.29) is 7.92 Å². The quantitative estimate of drug-likeness (QED) is 0.268. The van der Waals surface area contributed by atoms with Crippen LogP contribution >= 0.6 is 7.92 Å². The van der Waals surface area contributed by atoms with Crippen molar-refractivity contribution < 1.29 is 0 Å². The molecule has 0 aromatic heterocycles. The average molecular weight is 415 g/mol. The highest BCUT2D eigenvalue weighted by atomic mass is 31.1. The standard InChI is InChI=1S/C24H39PSi2/c1-26(2,3)23-16-10-12-20(23)18-25(22-14-8-7-9-15-22)19-21-13-11-17-24(21)27(4,5)6/h10-13,16-17,22H,7-9,14-15,18-19H2,1-6H3/q-2. The van der Waals surface area contributed by atoms with Gasteiger partial charge in [-0.15, -0.1) is 7.92 Å². The molecule has 0 saturated heterocycles. The zero-order chi connectivity index (χ0) is 19.7. The van der Waals surface area contributed by atoms with Crippen LogP contribution in [0.5, 0.6) is 0 Å². The first-order valence-electron chi connectivity index (χ1n) is 10.9. The monoisotopic (exact) mass is 414 g/mol. The van der Waals surface area contributed by atoms with Gasteiger partial charge in [0.15, 0.2) is 0 Å². The van der Waals surface area contributed by atoms with Crippen LogP contribution in [0.3, 0.4) is 0 Å². The predicted molar refractivity (Wildman–Crippen MR) is 131 cm³/mol. The van der Waals surface area contributed by atoms with Crippen LogP contribution < -0.4 is 10.4 Å². The van der Waals surface area contributed by atoms with Gasteiger partial charge in [-0.25, -0.2) is 18.2 Å². The molecule has 0 unspecified atom stereocenters. The van der Waals surface area contributed by atoms with Gasteiger partial charge in [0.1, 0.15) is 0 Å². The summed E-state index contributed by atoms with van der Waals surface area (Å²) in [5, 5.41) is 3.44. The molecule has 27 heavy (non-hydrogen) atoms. The minimum atomic E-state index is -1.24. The van der Waals surface area contributed by atoms with Crippen molar-refractivity contribution in [2.24, 2.45) is 0 Å². The summed E-state index contributed by atoms with van der Waals surface area (Å²) >= 11 is 0. The summed E-state index contributed by atoms with van der Waals surface area (Å²) in [6.07, 6.45) is 10.1. The maximum Gasteiger partial charge on any atom is 0.0507 e. The molecule has 0 aliphatic heterocycles. The summed E-state index contributed by atoms with van der Waals surface area (Å²) in [5.41, 5.74) is 4.39. The molecule has 0 bridgehead atoms. The Bertz CT molecular complexity index is 666. The molecule has 0 heterocycles. The summed E-state index contributed by atoms with van der Waals surface area (Å²) in [5.74, 6) is 0. The van der Waals surface area contributed by atoms with Crippen molar-refractivity contribution in [3.8, 4) is 0 Å². The second-order valence-corrected chi connectivity index (χ2v) is 23.2. The van der Waals surface area contributed by atoms with E-state index in [1.165, 1.54) is 44.4 Å². The number of hydrogen-bond donors (Lipinski definition) is 0. The van der Waals surface area contributed by atoms with Crippen molar-refractivity contribution in [2.75, 3.05) is 0 Å². The zero-order valence-electron chi connectivity index (χ0n) is 18.4. The van der Waals surface area contributed by atoms with Crippen molar-refractivity contribution >= 4 is 34.4 Å². The van der Waals surface area contributed by atoms with Gasteiger partial charge in [-0.05, 0) is 18.5 Å². The van der Waals surface area contributed by atoms with Gasteiger partial charge < -0.3 is 0 Å². The van der Waals surface area contributed by atoms with Gasteiger partial charge in [0, 0.05) is 0 Å². The van der Waals surface area contributed by atoms with Crippen LogP contribution in [-0.2, 0) is 12.3 Å². The van der Waals surface area contributed by atoms with Gasteiger partial charge in [0.2, 0.25) is 0 Å². The first kappa shape index (κ1) is 21.3. The first-order valence-corrected chi connectivity index (χ1v) is 19.7. The second-order valence-electron chi connectivity index (χ2n) is 10.6. The third-order valence-corrected chi connectivity index (χ3v) is 13.5. The SMILES string of the molecule is C[Si](C)(C)c1[cH-]ccc1CP(C[c-]1cccc1[Si](C)(C)C)C1CCCCC1. The second kappa shape index (κ2) is 8.51. The Balaban J connectivity index is 1.87. The van der Waals surface area contributed by atoms with Gasteiger partial charge in [-0.2, -0.15) is 39.7 Å². The molecule has 0 amide bonds. The summed E-state index contributed by atoms with van der Waals surface area (Å²) in [7, 11) is -2.45. The van der Waals surface area contributed by atoms with E-state index in [0.717, 1.165) is 5.66 Å². The van der Waals surface area contributed by atoms with Crippen LogP contribution in [0, 0.1) is 0 Å². The van der Waals surface area contributed by atoms with E-state index in [1.807, 2.05) is 0 Å². The number of rotatable bonds is 7. The van der Waals surface area contributed by atoms with Crippen LogP contribution in [0.25, 0.3) is 0 Å². The van der Waals surface area contributed by atoms with Crippen LogP contribution in [0.2, 0.25) is 39.3 Å². The van der Waals surface area contributed by atoms with Gasteiger partial charge in [0.25, 0.3) is 0 Å². The maximum atomic E-state index is 2.51. The minimum absolute atomic E-state index is 0.0378. The average Bonchev–Trinajstić information content (AvgIpc) is 3.23. The number of hydrogen-bond acceptors (Lipinski definition) is 0. The van der Waals surface area contributed by atoms with E-state index in [1.54, 1.807) is 21.5 Å².